The molecule has 2 rings (SSSR count). The molecule has 5 nitrogen and oxygen atoms in total. The fraction of sp³-hybridized carbons (Fsp3) is 0.364. The summed E-state index contributed by atoms with van der Waals surface area (Å²) in [5.41, 5.74) is 1.54. The Morgan fingerprint density at radius 3 is 2.72 bits per heavy atom. The third kappa shape index (κ3) is 2.42. The molecule has 0 N–H and O–H groups in total. The molecule has 0 radical (unpaired) electrons. The van der Waals surface area contributed by atoms with E-state index in [2.05, 4.69) is 10.1 Å². The van der Waals surface area contributed by atoms with Crippen molar-refractivity contribution in [1.29, 1.82) is 0 Å². The molecule has 0 amide bonds. The first-order chi connectivity index (χ1) is 8.52. The van der Waals surface area contributed by atoms with Crippen LogP contribution in [0.1, 0.15) is 18.3 Å². The van der Waals surface area contributed by atoms with Gasteiger partial charge in [0.1, 0.15) is 5.02 Å². The lowest BCUT2D eigenvalue weighted by atomic mass is 10.3. The summed E-state index contributed by atoms with van der Waals surface area (Å²) in [4.78, 5) is 15.7. The smallest absolute Gasteiger partial charge is 0.274 e. The highest BCUT2D eigenvalue weighted by molar-refractivity contribution is 6.40. The monoisotopic (exact) mass is 286 g/mol. The fourth-order valence-corrected chi connectivity index (χ4v) is 1.91. The minimum absolute atomic E-state index is 0.0252. The second kappa shape index (κ2) is 5.12. The molecular formula is C11H12Cl2N4O. The van der Waals surface area contributed by atoms with Crippen molar-refractivity contribution in [2.24, 2.45) is 7.05 Å². The van der Waals surface area contributed by atoms with Crippen molar-refractivity contribution in [2.45, 2.75) is 19.9 Å². The SMILES string of the molecule is CCc1cc(Cn2cnc(Cl)c(Cl)c2=O)n(C)n1. The van der Waals surface area contributed by atoms with Crippen molar-refractivity contribution in [3.8, 4) is 0 Å². The van der Waals surface area contributed by atoms with E-state index in [9.17, 15) is 4.79 Å². The zero-order chi connectivity index (χ0) is 13.3. The number of aromatic nitrogens is 4. The zero-order valence-corrected chi connectivity index (χ0v) is 11.5. The van der Waals surface area contributed by atoms with Crippen LogP contribution < -0.4 is 5.56 Å². The highest BCUT2D eigenvalue weighted by atomic mass is 35.5. The molecule has 0 aliphatic carbocycles. The van der Waals surface area contributed by atoms with Crippen LogP contribution in [-0.2, 0) is 20.0 Å². The molecule has 0 atom stereocenters. The van der Waals surface area contributed by atoms with E-state index in [0.717, 1.165) is 17.8 Å². The van der Waals surface area contributed by atoms with E-state index in [0.29, 0.717) is 6.54 Å². The largest absolute Gasteiger partial charge is 0.292 e. The normalized spacial score (nSPS) is 10.9. The predicted molar refractivity (Wildman–Crippen MR) is 70.2 cm³/mol. The van der Waals surface area contributed by atoms with Crippen LogP contribution in [0.25, 0.3) is 0 Å². The number of rotatable bonds is 3. The number of nitrogens with zero attached hydrogens (tertiary/aromatic N) is 4. The molecule has 0 bridgehead atoms. The summed E-state index contributed by atoms with van der Waals surface area (Å²) < 4.78 is 3.15. The lowest BCUT2D eigenvalue weighted by molar-refractivity contribution is 0.642. The van der Waals surface area contributed by atoms with Gasteiger partial charge in [0.15, 0.2) is 5.15 Å². The molecule has 0 fully saturated rings. The lowest BCUT2D eigenvalue weighted by Gasteiger charge is -2.06. The van der Waals surface area contributed by atoms with Crippen LogP contribution in [0.4, 0.5) is 0 Å². The molecule has 0 aliphatic heterocycles. The van der Waals surface area contributed by atoms with Gasteiger partial charge in [-0.3, -0.25) is 14.0 Å². The molecule has 96 valence electrons. The van der Waals surface area contributed by atoms with Crippen LogP contribution in [0.3, 0.4) is 0 Å². The first-order valence-corrected chi connectivity index (χ1v) is 6.20. The maximum absolute atomic E-state index is 11.9. The summed E-state index contributed by atoms with van der Waals surface area (Å²) in [6.07, 6.45) is 2.23. The molecule has 2 aromatic heterocycles. The number of halogens is 2. The van der Waals surface area contributed by atoms with Gasteiger partial charge in [-0.1, -0.05) is 30.1 Å². The predicted octanol–water partition coefficient (Wildman–Crippen LogP) is 1.89. The van der Waals surface area contributed by atoms with Gasteiger partial charge < -0.3 is 0 Å². The van der Waals surface area contributed by atoms with Crippen LogP contribution in [0.15, 0.2) is 17.2 Å². The summed E-state index contributed by atoms with van der Waals surface area (Å²) in [6, 6.07) is 1.95. The molecule has 0 spiro atoms. The van der Waals surface area contributed by atoms with E-state index in [1.54, 1.807) is 4.68 Å². The van der Waals surface area contributed by atoms with E-state index in [1.165, 1.54) is 10.9 Å². The van der Waals surface area contributed by atoms with Gasteiger partial charge in [0.2, 0.25) is 0 Å². The summed E-state index contributed by atoms with van der Waals surface area (Å²) in [6.45, 7) is 2.39. The second-order valence-electron chi connectivity index (χ2n) is 3.89. The van der Waals surface area contributed by atoms with Crippen molar-refractivity contribution < 1.29 is 0 Å². The van der Waals surface area contributed by atoms with E-state index in [4.69, 9.17) is 23.2 Å². The van der Waals surface area contributed by atoms with Crippen LogP contribution in [0.2, 0.25) is 10.2 Å². The van der Waals surface area contributed by atoms with Crippen LogP contribution in [0.5, 0.6) is 0 Å². The van der Waals surface area contributed by atoms with E-state index >= 15 is 0 Å². The average molecular weight is 287 g/mol. The van der Waals surface area contributed by atoms with Crippen molar-refractivity contribution in [3.05, 3.63) is 44.3 Å². The first-order valence-electron chi connectivity index (χ1n) is 5.45. The molecule has 7 heteroatoms. The Kier molecular flexibility index (Phi) is 3.73. The van der Waals surface area contributed by atoms with Crippen molar-refractivity contribution in [1.82, 2.24) is 19.3 Å². The quantitative estimate of drug-likeness (QED) is 0.810. The van der Waals surface area contributed by atoms with Gasteiger partial charge in [0, 0.05) is 7.05 Å². The highest BCUT2D eigenvalue weighted by Crippen LogP contribution is 2.13. The topological polar surface area (TPSA) is 52.7 Å². The molecule has 0 aliphatic rings. The molecular weight excluding hydrogens is 275 g/mol. The van der Waals surface area contributed by atoms with Gasteiger partial charge in [-0.15, -0.1) is 0 Å². The molecule has 2 heterocycles. The minimum Gasteiger partial charge on any atom is -0.292 e. The Morgan fingerprint density at radius 1 is 1.39 bits per heavy atom. The first kappa shape index (κ1) is 13.1. The Hall–Kier alpha value is -1.33. The summed E-state index contributed by atoms with van der Waals surface area (Å²) >= 11 is 11.4. The van der Waals surface area contributed by atoms with Crippen molar-refractivity contribution in [2.75, 3.05) is 0 Å². The number of aryl methyl sites for hydroxylation is 2. The zero-order valence-electron chi connectivity index (χ0n) is 10.0. The molecule has 0 unspecified atom stereocenters. The Balaban J connectivity index is 2.37. The lowest BCUT2D eigenvalue weighted by Crippen LogP contribution is -2.22. The second-order valence-corrected chi connectivity index (χ2v) is 4.62. The van der Waals surface area contributed by atoms with E-state index in [-0.39, 0.29) is 15.7 Å². The molecule has 2 aromatic rings. The standard InChI is InChI=1S/C11H12Cl2N4O/c1-3-7-4-8(16(2)15-7)5-17-6-14-10(13)9(12)11(17)18/h4,6H,3,5H2,1-2H3. The van der Waals surface area contributed by atoms with Gasteiger partial charge in [0.25, 0.3) is 5.56 Å². The Labute approximate surface area is 114 Å². The average Bonchev–Trinajstić information content (AvgIpc) is 2.71. The van der Waals surface area contributed by atoms with Crippen molar-refractivity contribution >= 4 is 23.2 Å². The van der Waals surface area contributed by atoms with Crippen LogP contribution in [-0.4, -0.2) is 19.3 Å². The van der Waals surface area contributed by atoms with E-state index in [1.807, 2.05) is 20.0 Å². The molecule has 0 aromatic carbocycles. The van der Waals surface area contributed by atoms with Crippen LogP contribution in [0, 0.1) is 0 Å². The van der Waals surface area contributed by atoms with Crippen LogP contribution >= 0.6 is 23.2 Å². The third-order valence-corrected chi connectivity index (χ3v) is 3.39. The van der Waals surface area contributed by atoms with Gasteiger partial charge >= 0.3 is 0 Å². The maximum atomic E-state index is 11.9. The fourth-order valence-electron chi connectivity index (χ4n) is 1.62. The van der Waals surface area contributed by atoms with Gasteiger partial charge in [0.05, 0.1) is 24.3 Å². The number of hydrogen-bond donors (Lipinski definition) is 0. The maximum Gasteiger partial charge on any atom is 0.274 e. The summed E-state index contributed by atoms with van der Waals surface area (Å²) in [5.74, 6) is 0. The Morgan fingerprint density at radius 2 is 2.11 bits per heavy atom. The van der Waals surface area contributed by atoms with Gasteiger partial charge in [-0.25, -0.2) is 4.98 Å². The van der Waals surface area contributed by atoms with Crippen molar-refractivity contribution in [3.63, 3.8) is 0 Å². The summed E-state index contributed by atoms with van der Waals surface area (Å²) in [5, 5.41) is 4.28. The highest BCUT2D eigenvalue weighted by Gasteiger charge is 2.10. The Bertz CT molecular complexity index is 632. The molecule has 0 saturated carbocycles. The molecule has 18 heavy (non-hydrogen) atoms. The third-order valence-electron chi connectivity index (χ3n) is 2.66. The minimum atomic E-state index is -0.351. The van der Waals surface area contributed by atoms with E-state index < -0.39 is 0 Å². The summed E-state index contributed by atoms with van der Waals surface area (Å²) in [7, 11) is 1.84. The van der Waals surface area contributed by atoms with Gasteiger partial charge in [-0.05, 0) is 12.5 Å². The van der Waals surface area contributed by atoms with Gasteiger partial charge in [-0.2, -0.15) is 5.10 Å². The number of hydrogen-bond acceptors (Lipinski definition) is 3. The molecule has 0 saturated heterocycles.